The number of carboxylic acid groups (broad SMARTS) is 1. The number of para-hydroxylation sites is 1. The van der Waals surface area contributed by atoms with Gasteiger partial charge in [0.25, 0.3) is 0 Å². The fourth-order valence-corrected chi connectivity index (χ4v) is 5.13. The summed E-state index contributed by atoms with van der Waals surface area (Å²) in [6.07, 6.45) is 1.97. The Kier molecular flexibility index (Phi) is 9.77. The molecule has 7 heteroatoms. The lowest BCUT2D eigenvalue weighted by Crippen LogP contribution is -2.35. The summed E-state index contributed by atoms with van der Waals surface area (Å²) < 4.78 is 18.4. The molecule has 0 bridgehead atoms. The molecule has 0 aliphatic carbocycles. The number of benzene rings is 4. The molecule has 5 rings (SSSR count). The predicted octanol–water partition coefficient (Wildman–Crippen LogP) is 7.01. The topological polar surface area (TPSA) is 98.2 Å². The third-order valence-corrected chi connectivity index (χ3v) is 7.42. The summed E-state index contributed by atoms with van der Waals surface area (Å²) in [6, 6.07) is 29.5. The fourth-order valence-electron chi connectivity index (χ4n) is 5.13. The molecule has 0 saturated carbocycles. The highest BCUT2D eigenvalue weighted by Crippen LogP contribution is 2.30. The summed E-state index contributed by atoms with van der Waals surface area (Å²) in [4.78, 5) is 13.7. The van der Waals surface area contributed by atoms with E-state index in [0.29, 0.717) is 39.3 Å². The van der Waals surface area contributed by atoms with Gasteiger partial charge in [0.05, 0.1) is 6.26 Å². The van der Waals surface area contributed by atoms with Crippen LogP contribution in [-0.2, 0) is 31.1 Å². The first-order valence-corrected chi connectivity index (χ1v) is 14.5. The summed E-state index contributed by atoms with van der Waals surface area (Å²) in [5, 5.41) is 10.4. The van der Waals surface area contributed by atoms with Crippen molar-refractivity contribution in [2.24, 2.45) is 5.73 Å². The molecular weight excluding hydrogens is 540 g/mol. The summed E-state index contributed by atoms with van der Waals surface area (Å²) in [5.74, 6) is 0.530. The molecule has 3 N–H and O–H groups in total. The molecule has 1 heterocycles. The van der Waals surface area contributed by atoms with Crippen molar-refractivity contribution < 1.29 is 23.8 Å². The van der Waals surface area contributed by atoms with Gasteiger partial charge in [-0.3, -0.25) is 9.69 Å². The number of aliphatic carboxylic acids is 1. The van der Waals surface area contributed by atoms with Crippen LogP contribution in [-0.4, -0.2) is 28.6 Å². The van der Waals surface area contributed by atoms with Gasteiger partial charge < -0.3 is 24.7 Å². The molecule has 0 fully saturated rings. The Labute approximate surface area is 252 Å². The zero-order valence-corrected chi connectivity index (χ0v) is 24.7. The Morgan fingerprint density at radius 2 is 1.47 bits per heavy atom. The Hall–Kier alpha value is -4.59. The number of nitrogens with two attached hydrogens (primary N) is 1. The highest BCUT2D eigenvalue weighted by Gasteiger charge is 2.19. The van der Waals surface area contributed by atoms with Crippen molar-refractivity contribution >= 4 is 16.9 Å². The summed E-state index contributed by atoms with van der Waals surface area (Å²) in [6.45, 7) is 6.51. The molecule has 7 nitrogen and oxygen atoms in total. The molecule has 1 aromatic heterocycles. The minimum Gasteiger partial charge on any atom is -0.489 e. The van der Waals surface area contributed by atoms with Crippen LogP contribution in [0.15, 0.2) is 102 Å². The molecule has 0 amide bonds. The Morgan fingerprint density at radius 3 is 2.14 bits per heavy atom. The van der Waals surface area contributed by atoms with Crippen LogP contribution in [0.25, 0.3) is 11.0 Å². The zero-order chi connectivity index (χ0) is 30.2. The molecule has 0 unspecified atom stereocenters. The van der Waals surface area contributed by atoms with Crippen LogP contribution in [0.4, 0.5) is 0 Å². The van der Waals surface area contributed by atoms with Crippen molar-refractivity contribution in [3.05, 3.63) is 131 Å². The van der Waals surface area contributed by atoms with Gasteiger partial charge in [0.2, 0.25) is 0 Å². The number of hydrogen-bond acceptors (Lipinski definition) is 6. The third-order valence-electron chi connectivity index (χ3n) is 7.42. The average molecular weight is 579 g/mol. The molecule has 0 aliphatic heterocycles. The minimum atomic E-state index is -1.01. The van der Waals surface area contributed by atoms with Gasteiger partial charge in [0.15, 0.2) is 0 Å². The number of nitrogens with zero attached hydrogens (tertiary/aromatic N) is 1. The molecular formula is C36H38N2O5. The number of furan rings is 1. The van der Waals surface area contributed by atoms with Crippen LogP contribution >= 0.6 is 0 Å². The Balaban J connectivity index is 1.39. The van der Waals surface area contributed by atoms with Crippen LogP contribution in [0, 0.1) is 13.8 Å². The first-order chi connectivity index (χ1) is 20.8. The molecule has 0 radical (unpaired) electrons. The van der Waals surface area contributed by atoms with Gasteiger partial charge in [0, 0.05) is 36.1 Å². The van der Waals surface area contributed by atoms with Crippen LogP contribution in [0.5, 0.6) is 11.5 Å². The van der Waals surface area contributed by atoms with Gasteiger partial charge in [-0.2, -0.15) is 0 Å². The van der Waals surface area contributed by atoms with Crippen molar-refractivity contribution in [2.45, 2.75) is 52.6 Å². The molecule has 5 aromatic rings. The van der Waals surface area contributed by atoms with E-state index in [0.717, 1.165) is 44.7 Å². The van der Waals surface area contributed by atoms with E-state index in [-0.39, 0.29) is 0 Å². The van der Waals surface area contributed by atoms with Crippen LogP contribution in [0.1, 0.15) is 39.8 Å². The van der Waals surface area contributed by atoms with Gasteiger partial charge in [-0.05, 0) is 55.7 Å². The van der Waals surface area contributed by atoms with Crippen LogP contribution in [0.3, 0.4) is 0 Å². The number of rotatable bonds is 14. The van der Waals surface area contributed by atoms with Gasteiger partial charge >= 0.3 is 5.97 Å². The molecule has 222 valence electrons. The van der Waals surface area contributed by atoms with Crippen molar-refractivity contribution in [3.63, 3.8) is 0 Å². The number of aryl methyl sites for hydroxylation is 2. The lowest BCUT2D eigenvalue weighted by molar-refractivity contribution is -0.138. The number of carbonyl (C=O) groups is 1. The Bertz CT molecular complexity index is 1680. The molecule has 0 aliphatic rings. The largest absolute Gasteiger partial charge is 0.489 e. The molecule has 43 heavy (non-hydrogen) atoms. The quantitative estimate of drug-likeness (QED) is 0.146. The second-order valence-corrected chi connectivity index (χ2v) is 11.0. The smallest absolute Gasteiger partial charge is 0.320 e. The van der Waals surface area contributed by atoms with Crippen LogP contribution < -0.4 is 15.2 Å². The molecule has 1 atom stereocenters. The monoisotopic (exact) mass is 578 g/mol. The second kappa shape index (κ2) is 14.1. The maximum atomic E-state index is 11.5. The first-order valence-electron chi connectivity index (χ1n) is 14.5. The number of carboxylic acids is 1. The summed E-state index contributed by atoms with van der Waals surface area (Å²) in [7, 11) is 0. The van der Waals surface area contributed by atoms with E-state index < -0.39 is 12.0 Å². The van der Waals surface area contributed by atoms with E-state index in [1.165, 1.54) is 11.1 Å². The summed E-state index contributed by atoms with van der Waals surface area (Å²) >= 11 is 0. The second-order valence-electron chi connectivity index (χ2n) is 11.0. The SMILES string of the molecule is Cc1cccc(COc2ccccc2CN(CC[C@H](N)C(=O)O)Cc2cc3occc3cc2OCc2cccc(C)c2)c1. The van der Waals surface area contributed by atoms with Crippen molar-refractivity contribution in [2.75, 3.05) is 6.54 Å². The predicted molar refractivity (Wildman–Crippen MR) is 168 cm³/mol. The van der Waals surface area contributed by atoms with E-state index >= 15 is 0 Å². The fraction of sp³-hybridized carbons (Fsp3) is 0.250. The molecule has 4 aromatic carbocycles. The Morgan fingerprint density at radius 1 is 0.814 bits per heavy atom. The van der Waals surface area contributed by atoms with E-state index in [4.69, 9.17) is 19.6 Å². The van der Waals surface area contributed by atoms with Crippen LogP contribution in [0.2, 0.25) is 0 Å². The minimum absolute atomic E-state index is 0.296. The van der Waals surface area contributed by atoms with Gasteiger partial charge in [-0.15, -0.1) is 0 Å². The van der Waals surface area contributed by atoms with Gasteiger partial charge in [-0.25, -0.2) is 0 Å². The van der Waals surface area contributed by atoms with E-state index in [9.17, 15) is 9.90 Å². The average Bonchev–Trinajstić information content (AvgIpc) is 3.45. The van der Waals surface area contributed by atoms with Gasteiger partial charge in [0.1, 0.15) is 36.3 Å². The number of hydrogen-bond donors (Lipinski definition) is 2. The highest BCUT2D eigenvalue weighted by molar-refractivity contribution is 5.80. The molecule has 0 spiro atoms. The lowest BCUT2D eigenvalue weighted by atomic mass is 10.1. The lowest BCUT2D eigenvalue weighted by Gasteiger charge is -2.25. The number of fused-ring (bicyclic) bond motifs is 1. The number of ether oxygens (including phenoxy) is 2. The highest BCUT2D eigenvalue weighted by atomic mass is 16.5. The maximum absolute atomic E-state index is 11.5. The standard InChI is InChI=1S/C36H38N2O5/c1-25-7-5-9-27(17-25)23-42-33-12-4-3-11-30(33)21-38(15-13-32(37)36(39)40)22-31-20-34-29(14-16-41-34)19-35(31)43-24-28-10-6-8-26(2)18-28/h3-12,14,16-20,32H,13,15,21-24,37H2,1-2H3,(H,39,40)/t32-/m0/s1. The first kappa shape index (κ1) is 29.9. The normalized spacial score (nSPS) is 12.0. The zero-order valence-electron chi connectivity index (χ0n) is 24.7. The summed E-state index contributed by atoms with van der Waals surface area (Å²) in [5.41, 5.74) is 13.2. The molecule has 0 saturated heterocycles. The van der Waals surface area contributed by atoms with E-state index in [2.05, 4.69) is 55.1 Å². The maximum Gasteiger partial charge on any atom is 0.320 e. The van der Waals surface area contributed by atoms with Crippen molar-refractivity contribution in [1.82, 2.24) is 4.90 Å². The van der Waals surface area contributed by atoms with Gasteiger partial charge in [-0.1, -0.05) is 77.9 Å². The van der Waals surface area contributed by atoms with Crippen molar-refractivity contribution in [1.29, 1.82) is 0 Å². The van der Waals surface area contributed by atoms with Crippen molar-refractivity contribution in [3.8, 4) is 11.5 Å². The third kappa shape index (κ3) is 8.25. The van der Waals surface area contributed by atoms with E-state index in [1.54, 1.807) is 6.26 Å². The van der Waals surface area contributed by atoms with E-state index in [1.807, 2.05) is 54.6 Å².